The van der Waals surface area contributed by atoms with Crippen LogP contribution in [0.5, 0.6) is 5.75 Å². The number of aromatic nitrogens is 2. The SMILES string of the molecule is CCC1C(=O)N(C)c2cnc(Nc3cc(N4CCN(C)CC4)ccc3OC)nc2N1C1CCNCC1. The zero-order valence-corrected chi connectivity index (χ0v) is 21.8. The van der Waals surface area contributed by atoms with E-state index in [1.54, 1.807) is 18.2 Å². The van der Waals surface area contributed by atoms with Gasteiger partial charge in [0.15, 0.2) is 5.82 Å². The van der Waals surface area contributed by atoms with Gasteiger partial charge in [0.1, 0.15) is 17.5 Å². The number of rotatable bonds is 6. The molecule has 1 aromatic heterocycles. The van der Waals surface area contributed by atoms with Gasteiger partial charge in [-0.2, -0.15) is 4.98 Å². The molecule has 0 bridgehead atoms. The molecule has 2 saturated heterocycles. The number of hydrogen-bond acceptors (Lipinski definition) is 9. The normalized spacial score (nSPS) is 21.5. The number of carbonyl (C=O) groups excluding carboxylic acids is 1. The summed E-state index contributed by atoms with van der Waals surface area (Å²) in [5.74, 6) is 2.17. The lowest BCUT2D eigenvalue weighted by Crippen LogP contribution is -2.58. The average Bonchev–Trinajstić information content (AvgIpc) is 2.91. The number of ether oxygens (including phenoxy) is 1. The van der Waals surface area contributed by atoms with Gasteiger partial charge in [0, 0.05) is 45.0 Å². The first kappa shape index (κ1) is 24.6. The van der Waals surface area contributed by atoms with Crippen LogP contribution < -0.4 is 30.1 Å². The van der Waals surface area contributed by atoms with Crippen LogP contribution in [0.4, 0.5) is 28.8 Å². The maximum absolute atomic E-state index is 13.2. The highest BCUT2D eigenvalue weighted by Crippen LogP contribution is 2.39. The molecule has 4 heterocycles. The van der Waals surface area contributed by atoms with Crippen molar-refractivity contribution in [3.05, 3.63) is 24.4 Å². The first-order chi connectivity index (χ1) is 17.5. The minimum Gasteiger partial charge on any atom is -0.495 e. The molecular formula is C26H38N8O2. The standard InChI is InChI=1S/C26H38N8O2/c1-5-21-25(35)32(3)22-17-28-26(30-24(22)34(21)18-8-10-27-11-9-18)29-20-16-19(6-7-23(20)36-4)33-14-12-31(2)13-15-33/h6-7,16-18,21,27H,5,8-15H2,1-4H3,(H,28,29,30). The van der Waals surface area contributed by atoms with Crippen molar-refractivity contribution in [3.63, 3.8) is 0 Å². The van der Waals surface area contributed by atoms with Crippen LogP contribution in [-0.2, 0) is 4.79 Å². The summed E-state index contributed by atoms with van der Waals surface area (Å²) in [6, 6.07) is 6.26. The second-order valence-electron chi connectivity index (χ2n) is 9.91. The van der Waals surface area contributed by atoms with Crippen molar-refractivity contribution in [2.75, 3.05) is 80.5 Å². The smallest absolute Gasteiger partial charge is 0.249 e. The van der Waals surface area contributed by atoms with Crippen LogP contribution in [0.1, 0.15) is 26.2 Å². The van der Waals surface area contributed by atoms with Gasteiger partial charge in [-0.1, -0.05) is 6.92 Å². The van der Waals surface area contributed by atoms with Crippen LogP contribution in [0.15, 0.2) is 24.4 Å². The maximum Gasteiger partial charge on any atom is 0.249 e. The summed E-state index contributed by atoms with van der Waals surface area (Å²) in [5.41, 5.74) is 2.73. The quantitative estimate of drug-likeness (QED) is 0.628. The number of amides is 1. The summed E-state index contributed by atoms with van der Waals surface area (Å²) in [7, 11) is 5.66. The van der Waals surface area contributed by atoms with Crippen molar-refractivity contribution in [2.45, 2.75) is 38.3 Å². The predicted octanol–water partition coefficient (Wildman–Crippen LogP) is 2.29. The third-order valence-electron chi connectivity index (χ3n) is 7.69. The summed E-state index contributed by atoms with van der Waals surface area (Å²) in [5, 5.41) is 6.85. The van der Waals surface area contributed by atoms with E-state index < -0.39 is 0 Å². The molecule has 2 N–H and O–H groups in total. The Balaban J connectivity index is 1.47. The van der Waals surface area contributed by atoms with Gasteiger partial charge < -0.3 is 35.0 Å². The third kappa shape index (κ3) is 4.67. The Morgan fingerprint density at radius 1 is 1.14 bits per heavy atom. The molecule has 10 heteroatoms. The minimum atomic E-state index is -0.219. The number of anilines is 5. The molecular weight excluding hydrogens is 456 g/mol. The fourth-order valence-corrected chi connectivity index (χ4v) is 5.52. The molecule has 5 rings (SSSR count). The van der Waals surface area contributed by atoms with Gasteiger partial charge in [0.25, 0.3) is 0 Å². The lowest BCUT2D eigenvalue weighted by Gasteiger charge is -2.45. The van der Waals surface area contributed by atoms with E-state index in [9.17, 15) is 4.79 Å². The van der Waals surface area contributed by atoms with E-state index >= 15 is 0 Å². The van der Waals surface area contributed by atoms with Crippen molar-refractivity contribution in [1.29, 1.82) is 0 Å². The molecule has 194 valence electrons. The van der Waals surface area contributed by atoms with Crippen molar-refractivity contribution in [2.24, 2.45) is 0 Å². The topological polar surface area (TPSA) is 89.1 Å². The average molecular weight is 495 g/mol. The number of carbonyl (C=O) groups is 1. The predicted molar refractivity (Wildman–Crippen MR) is 144 cm³/mol. The molecule has 1 unspecified atom stereocenters. The van der Waals surface area contributed by atoms with Crippen LogP contribution >= 0.6 is 0 Å². The van der Waals surface area contributed by atoms with E-state index in [1.165, 1.54) is 0 Å². The van der Waals surface area contributed by atoms with Gasteiger partial charge in [0.2, 0.25) is 11.9 Å². The molecule has 3 aliphatic heterocycles. The molecule has 2 fully saturated rings. The first-order valence-electron chi connectivity index (χ1n) is 13.0. The molecule has 36 heavy (non-hydrogen) atoms. The van der Waals surface area contributed by atoms with E-state index in [1.807, 2.05) is 13.1 Å². The van der Waals surface area contributed by atoms with Gasteiger partial charge in [-0.15, -0.1) is 0 Å². The van der Waals surface area contributed by atoms with E-state index in [2.05, 4.69) is 56.4 Å². The van der Waals surface area contributed by atoms with Gasteiger partial charge in [-0.3, -0.25) is 4.79 Å². The Hall–Kier alpha value is -3.11. The Morgan fingerprint density at radius 2 is 1.89 bits per heavy atom. The van der Waals surface area contributed by atoms with Crippen LogP contribution in [0.25, 0.3) is 0 Å². The summed E-state index contributed by atoms with van der Waals surface area (Å²) < 4.78 is 5.66. The second-order valence-corrected chi connectivity index (χ2v) is 9.91. The third-order valence-corrected chi connectivity index (χ3v) is 7.69. The number of piperazine rings is 1. The van der Waals surface area contributed by atoms with Gasteiger partial charge in [-0.25, -0.2) is 4.98 Å². The first-order valence-corrected chi connectivity index (χ1v) is 13.0. The Kier molecular flexibility index (Phi) is 7.15. The number of piperidine rings is 1. The van der Waals surface area contributed by atoms with Gasteiger partial charge in [0.05, 0.1) is 19.0 Å². The fraction of sp³-hybridized carbons (Fsp3) is 0.577. The lowest BCUT2D eigenvalue weighted by molar-refractivity contribution is -0.120. The van der Waals surface area contributed by atoms with E-state index in [0.717, 1.165) is 87.2 Å². The molecule has 0 saturated carbocycles. The van der Waals surface area contributed by atoms with E-state index in [0.29, 0.717) is 5.95 Å². The molecule has 1 atom stereocenters. The summed E-state index contributed by atoms with van der Waals surface area (Å²) in [6.07, 6.45) is 4.47. The number of hydrogen-bond donors (Lipinski definition) is 2. The van der Waals surface area contributed by atoms with E-state index in [-0.39, 0.29) is 18.0 Å². The lowest BCUT2D eigenvalue weighted by atomic mass is 9.98. The molecule has 0 spiro atoms. The number of nitrogens with one attached hydrogen (secondary N) is 2. The highest BCUT2D eigenvalue weighted by molar-refractivity contribution is 6.04. The second kappa shape index (κ2) is 10.5. The Labute approximate surface area is 213 Å². The van der Waals surface area contributed by atoms with Crippen LogP contribution in [0, 0.1) is 0 Å². The summed E-state index contributed by atoms with van der Waals surface area (Å²) in [4.78, 5) is 31.5. The number of likely N-dealkylation sites (N-methyl/N-ethyl adjacent to an activating group) is 2. The van der Waals surface area contributed by atoms with Crippen LogP contribution in [0.3, 0.4) is 0 Å². The molecule has 3 aliphatic rings. The fourth-order valence-electron chi connectivity index (χ4n) is 5.52. The minimum absolute atomic E-state index is 0.106. The van der Waals surface area contributed by atoms with Crippen molar-refractivity contribution in [1.82, 2.24) is 20.2 Å². The molecule has 2 aromatic rings. The van der Waals surface area contributed by atoms with E-state index in [4.69, 9.17) is 9.72 Å². The number of fused-ring (bicyclic) bond motifs is 1. The van der Waals surface area contributed by atoms with Crippen LogP contribution in [0.2, 0.25) is 0 Å². The van der Waals surface area contributed by atoms with Crippen molar-refractivity contribution in [3.8, 4) is 5.75 Å². The van der Waals surface area contributed by atoms with Gasteiger partial charge in [-0.05, 0) is 57.6 Å². The van der Waals surface area contributed by atoms with Crippen LogP contribution in [-0.4, -0.2) is 93.3 Å². The maximum atomic E-state index is 13.2. The number of nitrogens with zero attached hydrogens (tertiary/aromatic N) is 6. The highest BCUT2D eigenvalue weighted by Gasteiger charge is 2.40. The molecule has 0 aliphatic carbocycles. The highest BCUT2D eigenvalue weighted by atomic mass is 16.5. The van der Waals surface area contributed by atoms with Gasteiger partial charge >= 0.3 is 0 Å². The molecule has 1 amide bonds. The molecule has 0 radical (unpaired) electrons. The Bertz CT molecular complexity index is 1080. The number of methoxy groups -OCH3 is 1. The zero-order chi connectivity index (χ0) is 25.2. The molecule has 10 nitrogen and oxygen atoms in total. The zero-order valence-electron chi connectivity index (χ0n) is 21.8. The molecule has 1 aromatic carbocycles. The number of benzene rings is 1. The Morgan fingerprint density at radius 3 is 2.58 bits per heavy atom. The monoisotopic (exact) mass is 494 g/mol. The summed E-state index contributed by atoms with van der Waals surface area (Å²) >= 11 is 0. The largest absolute Gasteiger partial charge is 0.495 e. The summed E-state index contributed by atoms with van der Waals surface area (Å²) in [6.45, 7) is 8.03. The van der Waals surface area contributed by atoms with Crippen molar-refractivity contribution >= 4 is 34.7 Å². The van der Waals surface area contributed by atoms with Crippen molar-refractivity contribution < 1.29 is 9.53 Å².